The zero-order valence-electron chi connectivity index (χ0n) is 12.7. The van der Waals surface area contributed by atoms with E-state index in [4.69, 9.17) is 4.98 Å². The molecule has 0 saturated carbocycles. The molecule has 1 atom stereocenters. The SMILES string of the molecule is CNCC1CCc2nc(CCc3ccccc3)ncc2C1. The fourth-order valence-electron chi connectivity index (χ4n) is 3.11. The van der Waals surface area contributed by atoms with E-state index in [1.165, 1.54) is 23.2 Å². The van der Waals surface area contributed by atoms with Crippen molar-refractivity contribution >= 4 is 0 Å². The molecule has 0 fully saturated rings. The number of aromatic nitrogens is 2. The zero-order valence-corrected chi connectivity index (χ0v) is 12.7. The molecule has 1 unspecified atom stereocenters. The Morgan fingerprint density at radius 1 is 1.19 bits per heavy atom. The van der Waals surface area contributed by atoms with Gasteiger partial charge in [-0.05, 0) is 56.3 Å². The summed E-state index contributed by atoms with van der Waals surface area (Å²) in [6, 6.07) is 10.6. The summed E-state index contributed by atoms with van der Waals surface area (Å²) in [7, 11) is 2.03. The Labute approximate surface area is 126 Å². The normalized spacial score (nSPS) is 17.5. The standard InChI is InChI=1S/C18H23N3/c1-19-12-15-7-9-17-16(11-15)13-20-18(21-17)10-8-14-5-3-2-4-6-14/h2-6,13,15,19H,7-12H2,1H3. The average Bonchev–Trinajstić information content (AvgIpc) is 2.54. The van der Waals surface area contributed by atoms with E-state index in [0.29, 0.717) is 0 Å². The fraction of sp³-hybridized carbons (Fsp3) is 0.444. The molecule has 0 aliphatic heterocycles. The largest absolute Gasteiger partial charge is 0.319 e. The second-order valence-electron chi connectivity index (χ2n) is 5.91. The number of nitrogens with zero attached hydrogens (tertiary/aromatic N) is 2. The van der Waals surface area contributed by atoms with E-state index >= 15 is 0 Å². The molecular formula is C18H23N3. The smallest absolute Gasteiger partial charge is 0.128 e. The molecule has 1 aliphatic carbocycles. The monoisotopic (exact) mass is 281 g/mol. The molecule has 1 aromatic carbocycles. The molecule has 3 rings (SSSR count). The highest BCUT2D eigenvalue weighted by Gasteiger charge is 2.19. The number of hydrogen-bond donors (Lipinski definition) is 1. The predicted molar refractivity (Wildman–Crippen MR) is 85.3 cm³/mol. The van der Waals surface area contributed by atoms with Gasteiger partial charge in [-0.15, -0.1) is 0 Å². The minimum Gasteiger partial charge on any atom is -0.319 e. The summed E-state index contributed by atoms with van der Waals surface area (Å²) in [5.74, 6) is 1.73. The van der Waals surface area contributed by atoms with Crippen molar-refractivity contribution in [3.8, 4) is 0 Å². The van der Waals surface area contributed by atoms with Gasteiger partial charge in [0, 0.05) is 18.3 Å². The van der Waals surface area contributed by atoms with Crippen LogP contribution < -0.4 is 5.32 Å². The molecule has 0 radical (unpaired) electrons. The van der Waals surface area contributed by atoms with Crippen molar-refractivity contribution in [2.75, 3.05) is 13.6 Å². The summed E-state index contributed by atoms with van der Waals surface area (Å²) in [4.78, 5) is 9.36. The topological polar surface area (TPSA) is 37.8 Å². The van der Waals surface area contributed by atoms with Crippen LogP contribution in [0.15, 0.2) is 36.5 Å². The van der Waals surface area contributed by atoms with Crippen LogP contribution in [0.4, 0.5) is 0 Å². The van der Waals surface area contributed by atoms with Gasteiger partial charge in [-0.1, -0.05) is 30.3 Å². The Balaban J connectivity index is 1.64. The maximum atomic E-state index is 4.79. The third kappa shape index (κ3) is 3.67. The van der Waals surface area contributed by atoms with Gasteiger partial charge in [0.25, 0.3) is 0 Å². The number of benzene rings is 1. The summed E-state index contributed by atoms with van der Waals surface area (Å²) in [5, 5.41) is 3.28. The lowest BCUT2D eigenvalue weighted by atomic mass is 9.87. The molecule has 0 saturated heterocycles. The third-order valence-corrected chi connectivity index (χ3v) is 4.27. The number of fused-ring (bicyclic) bond motifs is 1. The molecule has 2 aromatic rings. The van der Waals surface area contributed by atoms with Crippen LogP contribution in [0.5, 0.6) is 0 Å². The summed E-state index contributed by atoms with van der Waals surface area (Å²) in [6.45, 7) is 1.09. The van der Waals surface area contributed by atoms with E-state index in [-0.39, 0.29) is 0 Å². The van der Waals surface area contributed by atoms with Crippen LogP contribution in [0.1, 0.15) is 29.1 Å². The van der Waals surface area contributed by atoms with Crippen molar-refractivity contribution < 1.29 is 0 Å². The quantitative estimate of drug-likeness (QED) is 0.915. The Hall–Kier alpha value is -1.74. The summed E-state index contributed by atoms with van der Waals surface area (Å²) >= 11 is 0. The van der Waals surface area contributed by atoms with Gasteiger partial charge >= 0.3 is 0 Å². The molecule has 1 heterocycles. The van der Waals surface area contributed by atoms with Crippen molar-refractivity contribution in [1.82, 2.24) is 15.3 Å². The van der Waals surface area contributed by atoms with Crippen LogP contribution in [0.25, 0.3) is 0 Å². The molecule has 0 spiro atoms. The van der Waals surface area contributed by atoms with Crippen molar-refractivity contribution in [2.45, 2.75) is 32.1 Å². The zero-order chi connectivity index (χ0) is 14.5. The molecule has 21 heavy (non-hydrogen) atoms. The second kappa shape index (κ2) is 6.81. The first-order valence-electron chi connectivity index (χ1n) is 7.87. The van der Waals surface area contributed by atoms with E-state index in [2.05, 4.69) is 46.8 Å². The van der Waals surface area contributed by atoms with Crippen LogP contribution in [0.2, 0.25) is 0 Å². The third-order valence-electron chi connectivity index (χ3n) is 4.27. The Morgan fingerprint density at radius 2 is 2.05 bits per heavy atom. The van der Waals surface area contributed by atoms with Gasteiger partial charge in [0.15, 0.2) is 0 Å². The minimum absolute atomic E-state index is 0.737. The van der Waals surface area contributed by atoms with Crippen LogP contribution in [0, 0.1) is 5.92 Å². The lowest BCUT2D eigenvalue weighted by Gasteiger charge is -2.23. The molecule has 3 nitrogen and oxygen atoms in total. The summed E-state index contributed by atoms with van der Waals surface area (Å²) < 4.78 is 0. The fourth-order valence-corrected chi connectivity index (χ4v) is 3.11. The van der Waals surface area contributed by atoms with Gasteiger partial charge in [-0.3, -0.25) is 0 Å². The maximum absolute atomic E-state index is 4.79. The van der Waals surface area contributed by atoms with E-state index in [9.17, 15) is 0 Å². The first-order chi connectivity index (χ1) is 10.3. The molecule has 1 N–H and O–H groups in total. The first kappa shape index (κ1) is 14.2. The highest BCUT2D eigenvalue weighted by molar-refractivity contribution is 5.22. The minimum atomic E-state index is 0.737. The van der Waals surface area contributed by atoms with E-state index in [1.807, 2.05) is 7.05 Å². The number of aryl methyl sites for hydroxylation is 3. The van der Waals surface area contributed by atoms with Gasteiger partial charge in [0.05, 0.1) is 0 Å². The summed E-state index contributed by atoms with van der Waals surface area (Å²) in [6.07, 6.45) is 7.46. The highest BCUT2D eigenvalue weighted by Crippen LogP contribution is 2.23. The van der Waals surface area contributed by atoms with Crippen molar-refractivity contribution in [3.63, 3.8) is 0 Å². The van der Waals surface area contributed by atoms with Gasteiger partial charge < -0.3 is 5.32 Å². The summed E-state index contributed by atoms with van der Waals surface area (Å²) in [5.41, 5.74) is 3.98. The van der Waals surface area contributed by atoms with Crippen LogP contribution in [-0.4, -0.2) is 23.6 Å². The maximum Gasteiger partial charge on any atom is 0.128 e. The Morgan fingerprint density at radius 3 is 2.86 bits per heavy atom. The van der Waals surface area contributed by atoms with Gasteiger partial charge in [-0.25, -0.2) is 9.97 Å². The van der Waals surface area contributed by atoms with Crippen LogP contribution >= 0.6 is 0 Å². The van der Waals surface area contributed by atoms with E-state index in [1.54, 1.807) is 0 Å². The number of nitrogens with one attached hydrogen (secondary N) is 1. The molecule has 3 heteroatoms. The lowest BCUT2D eigenvalue weighted by molar-refractivity contribution is 0.433. The Kier molecular flexibility index (Phi) is 4.61. The Bertz CT molecular complexity index is 580. The van der Waals surface area contributed by atoms with Gasteiger partial charge in [-0.2, -0.15) is 0 Å². The molecule has 1 aliphatic rings. The van der Waals surface area contributed by atoms with Crippen molar-refractivity contribution in [1.29, 1.82) is 0 Å². The van der Waals surface area contributed by atoms with Gasteiger partial charge in [0.1, 0.15) is 5.82 Å². The first-order valence-corrected chi connectivity index (χ1v) is 7.87. The molecule has 110 valence electrons. The average molecular weight is 281 g/mol. The van der Waals surface area contributed by atoms with E-state index < -0.39 is 0 Å². The van der Waals surface area contributed by atoms with Crippen molar-refractivity contribution in [2.24, 2.45) is 5.92 Å². The van der Waals surface area contributed by atoms with E-state index in [0.717, 1.165) is 44.0 Å². The number of rotatable bonds is 5. The van der Waals surface area contributed by atoms with Gasteiger partial charge in [0.2, 0.25) is 0 Å². The lowest BCUT2D eigenvalue weighted by Crippen LogP contribution is -2.25. The molecule has 1 aromatic heterocycles. The predicted octanol–water partition coefficient (Wildman–Crippen LogP) is 2.59. The molecular weight excluding hydrogens is 258 g/mol. The molecule has 0 amide bonds. The molecule has 0 bridgehead atoms. The second-order valence-corrected chi connectivity index (χ2v) is 5.91. The van der Waals surface area contributed by atoms with Crippen LogP contribution in [0.3, 0.4) is 0 Å². The highest BCUT2D eigenvalue weighted by atomic mass is 14.9. The van der Waals surface area contributed by atoms with Crippen molar-refractivity contribution in [3.05, 3.63) is 59.2 Å². The van der Waals surface area contributed by atoms with Crippen LogP contribution in [-0.2, 0) is 25.7 Å². The number of hydrogen-bond acceptors (Lipinski definition) is 3.